The van der Waals surface area contributed by atoms with Crippen LogP contribution in [0.1, 0.15) is 156 Å². The molecule has 760 valence electrons. The molecule has 2 saturated heterocycles. The van der Waals surface area contributed by atoms with Gasteiger partial charge in [-0.2, -0.15) is 50.5 Å². The number of carbonyl (C=O) groups is 22. The monoisotopic (exact) mass is 2000 g/mol. The van der Waals surface area contributed by atoms with Crippen molar-refractivity contribution in [1.29, 1.82) is 0 Å². The molecule has 2 heterocycles. The number of nitrogens with one attached hydrogen (secondary N) is 15. The van der Waals surface area contributed by atoms with Crippen LogP contribution in [-0.2, 0) is 118 Å². The summed E-state index contributed by atoms with van der Waals surface area (Å²) in [6, 6.07) is -14.4. The minimum atomic E-state index is -1.91. The molecule has 51 heteroatoms. The summed E-state index contributed by atoms with van der Waals surface area (Å²) in [5.41, 5.74) is 28.2. The molecule has 21 amide bonds. The Labute approximate surface area is 814 Å². The molecule has 47 nitrogen and oxygen atoms in total. The quantitative estimate of drug-likeness (QED) is 0.0274. The number of hydrogen-bond acceptors (Lipinski definition) is 29. The first-order chi connectivity index (χ1) is 64.5. The third-order valence-corrected chi connectivity index (χ3v) is 24.0. The number of amides is 21. The SMILES string of the molecule is CC[C@H](C)[C@H](NC(=O)[C@H](CCC(N)=O)NC(=O)[C@H](CC(N)=O)NC(=O)[C@H](CS)NC(=O)[C@@H]1CCCN1C(=O)[C@H](CC(C)C)NC(=O)CN)C(=O)N[C@@H](Cc1ccc(O)cc1)C(=O)N[C@@H](CS)C(=O)N[C@@H](CS)C(=O)N[C@@H](Cc1ccc(O)cc1)C(=O)N[C@H](C(=O)N[C@@H](CCC(N)=O)C(=O)N[C@@H](CC(N)=O)C(=O)N[C@@H](CS)C(=O)N1CCC[C@H]1C(=O)N[C@@H](CC(C)C)C(=O)NCC(=O)O)[C@@H](C)CC. The highest BCUT2D eigenvalue weighted by molar-refractivity contribution is 7.80. The molecule has 2 aromatic rings. The molecule has 2 aliphatic rings. The summed E-state index contributed by atoms with van der Waals surface area (Å²) in [4.78, 5) is 304. The Morgan fingerprint density at radius 3 is 1.04 bits per heavy atom. The van der Waals surface area contributed by atoms with Crippen LogP contribution in [0.3, 0.4) is 0 Å². The molecule has 0 spiro atoms. The van der Waals surface area contributed by atoms with Gasteiger partial charge < -0.3 is 134 Å². The zero-order chi connectivity index (χ0) is 103. The van der Waals surface area contributed by atoms with Crippen molar-refractivity contribution < 1.29 is 121 Å². The fourth-order valence-corrected chi connectivity index (χ4v) is 15.7. The lowest BCUT2D eigenvalue weighted by Crippen LogP contribution is -2.62. The van der Waals surface area contributed by atoms with Gasteiger partial charge in [0, 0.05) is 61.8 Å². The summed E-state index contributed by atoms with van der Waals surface area (Å²) in [6.07, 6.45) is -3.48. The summed E-state index contributed by atoms with van der Waals surface area (Å²) >= 11 is 17.1. The molecule has 2 aromatic carbocycles. The lowest BCUT2D eigenvalue weighted by Gasteiger charge is -2.31. The second kappa shape index (κ2) is 58.3. The molecule has 4 rings (SSSR count). The van der Waals surface area contributed by atoms with Crippen LogP contribution in [-0.4, -0.2) is 301 Å². The van der Waals surface area contributed by atoms with E-state index in [4.69, 9.17) is 33.8 Å². The van der Waals surface area contributed by atoms with Crippen molar-refractivity contribution in [3.8, 4) is 11.5 Å². The molecule has 0 aromatic heterocycles. The zero-order valence-electron chi connectivity index (χ0n) is 77.5. The number of carboxylic acid groups (broad SMARTS) is 1. The van der Waals surface area contributed by atoms with Crippen molar-refractivity contribution in [3.63, 3.8) is 0 Å². The van der Waals surface area contributed by atoms with E-state index in [1.165, 1.54) is 67.3 Å². The Morgan fingerprint density at radius 2 is 0.679 bits per heavy atom. The first-order valence-electron chi connectivity index (χ1n) is 44.7. The fraction of sp³-hybridized carbons (Fsp3) is 0.605. The van der Waals surface area contributed by atoms with Crippen LogP contribution in [0.5, 0.6) is 11.5 Å². The van der Waals surface area contributed by atoms with Gasteiger partial charge in [0.1, 0.15) is 115 Å². The van der Waals surface area contributed by atoms with Crippen molar-refractivity contribution >= 4 is 181 Å². The number of carboxylic acids is 1. The summed E-state index contributed by atoms with van der Waals surface area (Å²) in [7, 11) is 0. The maximum atomic E-state index is 14.9. The van der Waals surface area contributed by atoms with E-state index in [0.29, 0.717) is 17.5 Å². The van der Waals surface area contributed by atoms with Crippen LogP contribution in [0.2, 0.25) is 0 Å². The Hall–Kier alpha value is -12.3. The summed E-state index contributed by atoms with van der Waals surface area (Å²) in [5, 5.41) is 66.6. The Balaban J connectivity index is 1.59. The number of carbonyl (C=O) groups excluding carboxylic acids is 21. The number of primary amides is 4. The third-order valence-electron chi connectivity index (χ3n) is 22.5. The van der Waals surface area contributed by atoms with Crippen molar-refractivity contribution in [2.45, 2.75) is 255 Å². The molecule has 0 aliphatic carbocycles. The molecular formula is C86H132N22O25S4. The highest BCUT2D eigenvalue weighted by Gasteiger charge is 2.45. The molecule has 2 fully saturated rings. The summed E-state index contributed by atoms with van der Waals surface area (Å²) < 4.78 is 0. The predicted molar refractivity (Wildman–Crippen MR) is 508 cm³/mol. The third kappa shape index (κ3) is 39.0. The Morgan fingerprint density at radius 1 is 0.372 bits per heavy atom. The number of nitrogens with two attached hydrogens (primary N) is 5. The molecule has 137 heavy (non-hydrogen) atoms. The minimum absolute atomic E-state index is 0.0164. The van der Waals surface area contributed by atoms with Crippen LogP contribution in [0.25, 0.3) is 0 Å². The largest absolute Gasteiger partial charge is 0.508 e. The van der Waals surface area contributed by atoms with Gasteiger partial charge in [0.15, 0.2) is 0 Å². The van der Waals surface area contributed by atoms with E-state index >= 15 is 0 Å². The number of rotatable bonds is 59. The van der Waals surface area contributed by atoms with Gasteiger partial charge in [-0.05, 0) is 110 Å². The predicted octanol–water partition coefficient (Wildman–Crippen LogP) is -7.00. The lowest BCUT2D eigenvalue weighted by atomic mass is 9.96. The molecule has 0 bridgehead atoms. The Kier molecular flexibility index (Phi) is 49.9. The van der Waals surface area contributed by atoms with E-state index in [1.807, 2.05) is 13.8 Å². The minimum Gasteiger partial charge on any atom is -0.508 e. The average molecular weight is 2000 g/mol. The maximum Gasteiger partial charge on any atom is 0.322 e. The summed E-state index contributed by atoms with van der Waals surface area (Å²) in [6.45, 7) is 12.4. The number of likely N-dealkylation sites (tertiary alicyclic amines) is 2. The van der Waals surface area contributed by atoms with Gasteiger partial charge in [-0.1, -0.05) is 92.5 Å². The summed E-state index contributed by atoms with van der Waals surface area (Å²) in [5.74, 6) is -26.6. The lowest BCUT2D eigenvalue weighted by molar-refractivity contribution is -0.142. The van der Waals surface area contributed by atoms with Gasteiger partial charge in [-0.3, -0.25) is 105 Å². The maximum absolute atomic E-state index is 14.9. The van der Waals surface area contributed by atoms with Crippen molar-refractivity contribution in [1.82, 2.24) is 89.6 Å². The molecule has 0 unspecified atom stereocenters. The van der Waals surface area contributed by atoms with Crippen molar-refractivity contribution in [2.75, 3.05) is 49.2 Å². The van der Waals surface area contributed by atoms with Gasteiger partial charge in [0.2, 0.25) is 124 Å². The number of hydrogen-bond donors (Lipinski definition) is 27. The van der Waals surface area contributed by atoms with Gasteiger partial charge in [-0.15, -0.1) is 0 Å². The van der Waals surface area contributed by atoms with Crippen LogP contribution in [0.4, 0.5) is 0 Å². The second-order valence-electron chi connectivity index (χ2n) is 34.3. The van der Waals surface area contributed by atoms with E-state index in [9.17, 15) is 116 Å². The van der Waals surface area contributed by atoms with E-state index in [1.54, 1.807) is 27.7 Å². The first kappa shape index (κ1) is 117. The Bertz CT molecular complexity index is 4600. The highest BCUT2D eigenvalue weighted by atomic mass is 32.1. The fourth-order valence-electron chi connectivity index (χ4n) is 14.7. The van der Waals surface area contributed by atoms with Crippen LogP contribution < -0.4 is 108 Å². The van der Waals surface area contributed by atoms with Gasteiger partial charge in [-0.25, -0.2) is 0 Å². The van der Waals surface area contributed by atoms with E-state index < -0.39 is 326 Å². The molecule has 18 atom stereocenters. The van der Waals surface area contributed by atoms with E-state index in [0.717, 1.165) is 4.90 Å². The number of phenols is 2. The van der Waals surface area contributed by atoms with Crippen LogP contribution in [0.15, 0.2) is 48.5 Å². The highest BCUT2D eigenvalue weighted by Crippen LogP contribution is 2.25. The molecule has 0 radical (unpaired) electrons. The number of phenolic OH excluding ortho intramolecular Hbond substituents is 2. The molecule has 0 saturated carbocycles. The number of nitrogens with zero attached hydrogens (tertiary/aromatic N) is 2. The van der Waals surface area contributed by atoms with Crippen LogP contribution in [0, 0.1) is 23.7 Å². The van der Waals surface area contributed by atoms with E-state index in [2.05, 4.69) is 130 Å². The van der Waals surface area contributed by atoms with Crippen LogP contribution >= 0.6 is 50.5 Å². The standard InChI is InChI=1S/C86H132N22O25S4/c1-9-43(7)69(83(130)95-49(23-25-63(88)111)72(119)97-55(34-66(91)114)76(123)104-60(40-137)86(133)108-28-12-13-61(108)81(128)99-51(29-41(3)4)71(118)92-36-68(116)117)106-77(124)53(32-46-17-21-48(110)22-18-46)96-78(125)57(37-134)102-80(127)58(38-135)101-74(121)52(31-45-15-19-47(109)20-16-45)100-84(131)70(44(8)10-2)105-73(120)50(24-26-64(89)112)94-75(122)54(33-65(90)113)98-79(126)59(39-136)103-82(129)62-14-11-27-107(62)85(132)56(30-42(5)6)93-67(115)35-87/h15-22,41-44,49-62,69-70,109-110,134-137H,9-14,23-40,87H2,1-8H3,(H2,88,111)(H2,89,112)(H2,90,113)(H2,91,114)(H,92,118)(H,93,115)(H,94,122)(H,95,130)(H,96,125)(H,97,119)(H,98,126)(H,99,128)(H,100,131)(H,101,121)(H,102,127)(H,103,129)(H,104,123)(H,105,120)(H,106,124)(H,116,117)/t43-,44-,49-,50-,51-,52-,53-,54-,55-,56-,57-,58-,59-,60-,61-,62-,69-,70-/m0/s1. The number of benzene rings is 2. The topological polar surface area (TPSA) is 753 Å². The number of thiol groups is 4. The normalized spacial score (nSPS) is 16.9. The first-order valence-corrected chi connectivity index (χ1v) is 47.2. The number of aliphatic carboxylic acids is 1. The average Bonchev–Trinajstić information content (AvgIpc) is 1.63. The molecular weight excluding hydrogens is 1870 g/mol. The molecule has 28 N–H and O–H groups in total. The zero-order valence-corrected chi connectivity index (χ0v) is 81.1. The van der Waals surface area contributed by atoms with Crippen molar-refractivity contribution in [3.05, 3.63) is 59.7 Å². The second-order valence-corrected chi connectivity index (χ2v) is 35.8. The van der Waals surface area contributed by atoms with Crippen molar-refractivity contribution in [2.24, 2.45) is 52.3 Å². The van der Waals surface area contributed by atoms with Gasteiger partial charge in [0.05, 0.1) is 19.4 Å². The smallest absolute Gasteiger partial charge is 0.322 e. The van der Waals surface area contributed by atoms with Gasteiger partial charge >= 0.3 is 5.97 Å². The van der Waals surface area contributed by atoms with Gasteiger partial charge in [0.25, 0.3) is 0 Å². The van der Waals surface area contributed by atoms with E-state index in [-0.39, 0.29) is 81.4 Å². The molecule has 2 aliphatic heterocycles. The number of aromatic hydroxyl groups is 2.